The van der Waals surface area contributed by atoms with Crippen LogP contribution in [0.3, 0.4) is 0 Å². The molecular formula is C17H17ClN2O3. The number of amides is 2. The van der Waals surface area contributed by atoms with Crippen molar-refractivity contribution in [3.05, 3.63) is 46.5 Å². The summed E-state index contributed by atoms with van der Waals surface area (Å²) in [6, 6.07) is 5.43. The van der Waals surface area contributed by atoms with Crippen LogP contribution in [0, 0.1) is 5.92 Å². The van der Waals surface area contributed by atoms with Gasteiger partial charge in [0.1, 0.15) is 12.4 Å². The van der Waals surface area contributed by atoms with Crippen LogP contribution < -0.4 is 10.5 Å². The van der Waals surface area contributed by atoms with E-state index in [1.54, 1.807) is 17.0 Å². The lowest BCUT2D eigenvalue weighted by Crippen LogP contribution is -2.30. The molecule has 0 aliphatic carbocycles. The Bertz CT molecular complexity index is 712. The highest BCUT2D eigenvalue weighted by atomic mass is 35.5. The summed E-state index contributed by atoms with van der Waals surface area (Å²) in [5, 5.41) is 0.638. The highest BCUT2D eigenvalue weighted by Gasteiger charge is 2.28. The number of primary amides is 1. The van der Waals surface area contributed by atoms with E-state index >= 15 is 0 Å². The minimum Gasteiger partial charge on any atom is -0.488 e. The molecule has 5 nitrogen and oxygen atoms in total. The van der Waals surface area contributed by atoms with Crippen molar-refractivity contribution in [2.45, 2.75) is 6.42 Å². The molecule has 120 valence electrons. The molecule has 23 heavy (non-hydrogen) atoms. The number of ether oxygens (including phenoxy) is 1. The molecule has 2 heterocycles. The number of halogens is 1. The van der Waals surface area contributed by atoms with E-state index in [9.17, 15) is 9.59 Å². The van der Waals surface area contributed by atoms with Gasteiger partial charge < -0.3 is 15.4 Å². The summed E-state index contributed by atoms with van der Waals surface area (Å²) in [4.78, 5) is 24.9. The van der Waals surface area contributed by atoms with E-state index < -0.39 is 0 Å². The quantitative estimate of drug-likeness (QED) is 0.860. The molecule has 0 unspecified atom stereocenters. The van der Waals surface area contributed by atoms with E-state index in [-0.39, 0.29) is 17.7 Å². The summed E-state index contributed by atoms with van der Waals surface area (Å²) < 4.78 is 5.63. The number of nitrogens with zero attached hydrogens (tertiary/aromatic N) is 1. The first-order chi connectivity index (χ1) is 11.0. The van der Waals surface area contributed by atoms with Gasteiger partial charge in [-0.2, -0.15) is 0 Å². The van der Waals surface area contributed by atoms with Crippen LogP contribution in [0.25, 0.3) is 6.08 Å². The maximum absolute atomic E-state index is 12.2. The Kier molecular flexibility index (Phi) is 4.39. The Morgan fingerprint density at radius 3 is 2.96 bits per heavy atom. The smallest absolute Gasteiger partial charge is 0.246 e. The number of hydrogen-bond acceptors (Lipinski definition) is 3. The Balaban J connectivity index is 1.66. The average molecular weight is 333 g/mol. The second-order valence-corrected chi connectivity index (χ2v) is 6.13. The van der Waals surface area contributed by atoms with Crippen LogP contribution in [-0.4, -0.2) is 36.4 Å². The fraction of sp³-hybridized carbons (Fsp3) is 0.294. The Morgan fingerprint density at radius 2 is 2.22 bits per heavy atom. The molecule has 1 aromatic carbocycles. The van der Waals surface area contributed by atoms with Crippen LogP contribution in [0.4, 0.5) is 0 Å². The highest BCUT2D eigenvalue weighted by molar-refractivity contribution is 6.30. The van der Waals surface area contributed by atoms with Crippen LogP contribution in [0.15, 0.2) is 35.9 Å². The van der Waals surface area contributed by atoms with Crippen LogP contribution in [0.5, 0.6) is 5.75 Å². The number of nitrogens with two attached hydrogens (primary N) is 1. The zero-order valence-corrected chi connectivity index (χ0v) is 13.3. The molecule has 1 atom stereocenters. The van der Waals surface area contributed by atoms with Crippen LogP contribution in [-0.2, 0) is 9.59 Å². The molecule has 3 rings (SSSR count). The van der Waals surface area contributed by atoms with Crippen molar-refractivity contribution in [3.63, 3.8) is 0 Å². The Hall–Kier alpha value is -2.27. The van der Waals surface area contributed by atoms with Gasteiger partial charge in [-0.1, -0.05) is 17.7 Å². The van der Waals surface area contributed by atoms with E-state index in [0.717, 1.165) is 16.9 Å². The fourth-order valence-corrected chi connectivity index (χ4v) is 2.92. The molecule has 1 saturated heterocycles. The van der Waals surface area contributed by atoms with Gasteiger partial charge in [0.15, 0.2) is 0 Å². The maximum Gasteiger partial charge on any atom is 0.246 e. The van der Waals surface area contributed by atoms with Gasteiger partial charge in [-0.3, -0.25) is 9.59 Å². The summed E-state index contributed by atoms with van der Waals surface area (Å²) in [5.41, 5.74) is 7.06. The molecule has 0 radical (unpaired) electrons. The topological polar surface area (TPSA) is 72.6 Å². The number of hydrogen-bond donors (Lipinski definition) is 1. The summed E-state index contributed by atoms with van der Waals surface area (Å²) in [5.74, 6) is 0.0769. The molecule has 2 aliphatic heterocycles. The van der Waals surface area contributed by atoms with Crippen molar-refractivity contribution in [3.8, 4) is 5.75 Å². The predicted octanol–water partition coefficient (Wildman–Crippen LogP) is 2.01. The molecule has 0 bridgehead atoms. The lowest BCUT2D eigenvalue weighted by Gasteiger charge is -2.17. The molecule has 2 amide bonds. The second-order valence-electron chi connectivity index (χ2n) is 5.70. The van der Waals surface area contributed by atoms with Crippen LogP contribution >= 0.6 is 11.6 Å². The van der Waals surface area contributed by atoms with Crippen LogP contribution in [0.2, 0.25) is 5.02 Å². The second kappa shape index (κ2) is 6.46. The highest BCUT2D eigenvalue weighted by Crippen LogP contribution is 2.29. The normalized spacial score (nSPS) is 20.1. The van der Waals surface area contributed by atoms with Gasteiger partial charge >= 0.3 is 0 Å². The first kappa shape index (κ1) is 15.6. The predicted molar refractivity (Wildman–Crippen MR) is 87.9 cm³/mol. The van der Waals surface area contributed by atoms with Gasteiger partial charge in [0.25, 0.3) is 0 Å². The number of rotatable bonds is 3. The van der Waals surface area contributed by atoms with E-state index in [1.807, 2.05) is 18.2 Å². The summed E-state index contributed by atoms with van der Waals surface area (Å²) in [6.07, 6.45) is 5.83. The maximum atomic E-state index is 12.2. The van der Waals surface area contributed by atoms with Crippen molar-refractivity contribution in [2.75, 3.05) is 19.7 Å². The van der Waals surface area contributed by atoms with E-state index in [0.29, 0.717) is 31.1 Å². The third-order valence-electron chi connectivity index (χ3n) is 4.05. The minimum absolute atomic E-state index is 0.119. The van der Waals surface area contributed by atoms with Crippen molar-refractivity contribution in [2.24, 2.45) is 11.7 Å². The Morgan fingerprint density at radius 1 is 1.39 bits per heavy atom. The molecule has 1 fully saturated rings. The number of fused-ring (bicyclic) bond motifs is 1. The first-order valence-electron chi connectivity index (χ1n) is 7.42. The number of likely N-dealkylation sites (tertiary alicyclic amines) is 1. The van der Waals surface area contributed by atoms with Crippen molar-refractivity contribution >= 4 is 29.5 Å². The third kappa shape index (κ3) is 3.56. The molecular weight excluding hydrogens is 316 g/mol. The van der Waals surface area contributed by atoms with Crippen molar-refractivity contribution in [1.82, 2.24) is 4.90 Å². The SMILES string of the molecule is NC(=O)[C@@H]1CCN(C(=O)/C=C\C2=Cc3cc(Cl)ccc3OC2)C1. The molecule has 0 spiro atoms. The summed E-state index contributed by atoms with van der Waals surface area (Å²) in [6.45, 7) is 1.36. The van der Waals surface area contributed by atoms with E-state index in [4.69, 9.17) is 22.1 Å². The van der Waals surface area contributed by atoms with Gasteiger partial charge in [0.2, 0.25) is 11.8 Å². The van der Waals surface area contributed by atoms with Crippen molar-refractivity contribution < 1.29 is 14.3 Å². The summed E-state index contributed by atoms with van der Waals surface area (Å²) in [7, 11) is 0. The van der Waals surface area contributed by atoms with E-state index in [1.165, 1.54) is 6.08 Å². The standard InChI is InChI=1S/C17H17ClN2O3/c18-14-2-3-15-13(8-14)7-11(10-23-15)1-4-16(21)20-6-5-12(9-20)17(19)22/h1-4,7-8,12H,5-6,9-10H2,(H2,19,22)/b4-1-/t12-/m1/s1. The van der Waals surface area contributed by atoms with Gasteiger partial charge in [-0.05, 0) is 36.3 Å². The molecule has 0 aromatic heterocycles. The molecule has 2 N–H and O–H groups in total. The number of carbonyl (C=O) groups excluding carboxylic acids is 2. The molecule has 2 aliphatic rings. The molecule has 6 heteroatoms. The third-order valence-corrected chi connectivity index (χ3v) is 4.28. The first-order valence-corrected chi connectivity index (χ1v) is 7.80. The molecule has 1 aromatic rings. The Labute approximate surface area is 139 Å². The summed E-state index contributed by atoms with van der Waals surface area (Å²) >= 11 is 5.98. The fourth-order valence-electron chi connectivity index (χ4n) is 2.74. The van der Waals surface area contributed by atoms with E-state index in [2.05, 4.69) is 0 Å². The molecule has 0 saturated carbocycles. The lowest BCUT2D eigenvalue weighted by molar-refractivity contribution is -0.125. The van der Waals surface area contributed by atoms with Gasteiger partial charge in [-0.25, -0.2) is 0 Å². The van der Waals surface area contributed by atoms with Crippen molar-refractivity contribution in [1.29, 1.82) is 0 Å². The zero-order valence-electron chi connectivity index (χ0n) is 12.5. The van der Waals surface area contributed by atoms with Gasteiger partial charge in [-0.15, -0.1) is 0 Å². The monoisotopic (exact) mass is 332 g/mol. The largest absolute Gasteiger partial charge is 0.488 e. The average Bonchev–Trinajstić information content (AvgIpc) is 3.02. The lowest BCUT2D eigenvalue weighted by atomic mass is 10.1. The minimum atomic E-state index is -0.346. The van der Waals surface area contributed by atoms with Crippen LogP contribution in [0.1, 0.15) is 12.0 Å². The number of carbonyl (C=O) groups is 2. The van der Waals surface area contributed by atoms with Gasteiger partial charge in [0, 0.05) is 29.8 Å². The zero-order chi connectivity index (χ0) is 16.4. The van der Waals surface area contributed by atoms with Gasteiger partial charge in [0.05, 0.1) is 5.92 Å². The number of benzene rings is 1.